The molecule has 0 aromatic rings. The van der Waals surface area contributed by atoms with Gasteiger partial charge in [-0.05, 0) is 19.9 Å². The van der Waals surface area contributed by atoms with E-state index in [4.69, 9.17) is 0 Å². The fourth-order valence-electron chi connectivity index (χ4n) is 0.887. The summed E-state index contributed by atoms with van der Waals surface area (Å²) in [5.41, 5.74) is 0. The smallest absolute Gasteiger partial charge is 0.305 e. The van der Waals surface area contributed by atoms with E-state index in [9.17, 15) is 4.79 Å². The number of ether oxygens (including phenoxy) is 1. The molecule has 3 heteroatoms. The Hall–Kier alpha value is -0.570. The summed E-state index contributed by atoms with van der Waals surface area (Å²) in [7, 11) is 1.42. The Morgan fingerprint density at radius 1 is 1.64 bits per heavy atom. The van der Waals surface area contributed by atoms with Crippen LogP contribution in [0.4, 0.5) is 0 Å². The molecule has 0 bridgehead atoms. The summed E-state index contributed by atoms with van der Waals surface area (Å²) in [5.74, 6) is -0.130. The molecule has 0 amide bonds. The highest BCUT2D eigenvalue weighted by Crippen LogP contribution is 1.96. The van der Waals surface area contributed by atoms with Crippen LogP contribution in [0.5, 0.6) is 0 Å². The summed E-state index contributed by atoms with van der Waals surface area (Å²) in [6, 6.07) is 0.402. The van der Waals surface area contributed by atoms with E-state index < -0.39 is 0 Å². The van der Waals surface area contributed by atoms with Gasteiger partial charge in [-0.3, -0.25) is 4.79 Å². The average Bonchev–Trinajstić information content (AvgIpc) is 2.01. The maximum Gasteiger partial charge on any atom is 0.305 e. The fraction of sp³-hybridized carbons (Fsp3) is 0.875. The predicted octanol–water partition coefficient (Wildman–Crippen LogP) is 0.938. The quantitative estimate of drug-likeness (QED) is 0.607. The summed E-state index contributed by atoms with van der Waals surface area (Å²) in [6.45, 7) is 5.06. The van der Waals surface area contributed by atoms with Crippen LogP contribution in [0.2, 0.25) is 0 Å². The minimum atomic E-state index is -0.130. The van der Waals surface area contributed by atoms with Gasteiger partial charge in [-0.15, -0.1) is 0 Å². The largest absolute Gasteiger partial charge is 0.469 e. The standard InChI is InChI=1S/C8H17NO2/c1-4-9-7(2)5-6-8(10)11-3/h7,9H,4-6H2,1-3H3. The Bertz CT molecular complexity index is 115. The zero-order valence-corrected chi connectivity index (χ0v) is 7.52. The monoisotopic (exact) mass is 159 g/mol. The minimum Gasteiger partial charge on any atom is -0.469 e. The van der Waals surface area contributed by atoms with E-state index >= 15 is 0 Å². The Labute approximate surface area is 68.1 Å². The van der Waals surface area contributed by atoms with Gasteiger partial charge in [-0.2, -0.15) is 0 Å². The highest BCUT2D eigenvalue weighted by atomic mass is 16.5. The van der Waals surface area contributed by atoms with Gasteiger partial charge in [0.1, 0.15) is 0 Å². The van der Waals surface area contributed by atoms with E-state index in [1.54, 1.807) is 0 Å². The molecule has 1 atom stereocenters. The molecule has 0 aromatic carbocycles. The van der Waals surface area contributed by atoms with E-state index in [-0.39, 0.29) is 5.97 Å². The van der Waals surface area contributed by atoms with Crippen molar-refractivity contribution in [2.75, 3.05) is 13.7 Å². The molecule has 0 aromatic heterocycles. The molecule has 11 heavy (non-hydrogen) atoms. The maximum absolute atomic E-state index is 10.7. The Morgan fingerprint density at radius 2 is 2.27 bits per heavy atom. The van der Waals surface area contributed by atoms with Crippen molar-refractivity contribution in [2.24, 2.45) is 0 Å². The molecule has 0 fully saturated rings. The second-order valence-corrected chi connectivity index (χ2v) is 2.57. The van der Waals surface area contributed by atoms with Gasteiger partial charge in [0.05, 0.1) is 7.11 Å². The maximum atomic E-state index is 10.7. The summed E-state index contributed by atoms with van der Waals surface area (Å²) in [5, 5.41) is 3.22. The zero-order chi connectivity index (χ0) is 8.69. The summed E-state index contributed by atoms with van der Waals surface area (Å²) in [6.07, 6.45) is 1.35. The SMILES string of the molecule is CCNC(C)CCC(=O)OC. The molecule has 0 saturated carbocycles. The average molecular weight is 159 g/mol. The molecule has 0 saturated heterocycles. The fourth-order valence-corrected chi connectivity index (χ4v) is 0.887. The molecular weight excluding hydrogens is 142 g/mol. The van der Waals surface area contributed by atoms with Gasteiger partial charge in [-0.25, -0.2) is 0 Å². The molecule has 0 aliphatic heterocycles. The van der Waals surface area contributed by atoms with E-state index in [0.717, 1.165) is 13.0 Å². The van der Waals surface area contributed by atoms with Crippen LogP contribution in [-0.4, -0.2) is 25.7 Å². The van der Waals surface area contributed by atoms with Crippen LogP contribution in [0.3, 0.4) is 0 Å². The number of methoxy groups -OCH3 is 1. The second-order valence-electron chi connectivity index (χ2n) is 2.57. The van der Waals surface area contributed by atoms with Crippen molar-refractivity contribution in [3.63, 3.8) is 0 Å². The number of carbonyl (C=O) groups is 1. The van der Waals surface area contributed by atoms with Crippen molar-refractivity contribution in [3.05, 3.63) is 0 Å². The molecule has 1 unspecified atom stereocenters. The first-order valence-corrected chi connectivity index (χ1v) is 4.00. The highest BCUT2D eigenvalue weighted by Gasteiger charge is 2.04. The van der Waals surface area contributed by atoms with E-state index in [2.05, 4.69) is 23.9 Å². The van der Waals surface area contributed by atoms with Gasteiger partial charge in [0.25, 0.3) is 0 Å². The molecule has 1 N–H and O–H groups in total. The number of carbonyl (C=O) groups excluding carboxylic acids is 1. The van der Waals surface area contributed by atoms with Gasteiger partial charge >= 0.3 is 5.97 Å². The number of hydrogen-bond donors (Lipinski definition) is 1. The predicted molar refractivity (Wildman–Crippen MR) is 44.4 cm³/mol. The zero-order valence-electron chi connectivity index (χ0n) is 7.52. The van der Waals surface area contributed by atoms with Crippen LogP contribution >= 0.6 is 0 Å². The van der Waals surface area contributed by atoms with E-state index in [1.165, 1.54) is 7.11 Å². The number of nitrogens with one attached hydrogen (secondary N) is 1. The molecule has 0 aliphatic carbocycles. The Balaban J connectivity index is 3.29. The first-order valence-electron chi connectivity index (χ1n) is 4.00. The van der Waals surface area contributed by atoms with Crippen molar-refractivity contribution < 1.29 is 9.53 Å². The van der Waals surface area contributed by atoms with Crippen molar-refractivity contribution in [1.82, 2.24) is 5.32 Å². The van der Waals surface area contributed by atoms with E-state index in [0.29, 0.717) is 12.5 Å². The van der Waals surface area contributed by atoms with Crippen LogP contribution in [-0.2, 0) is 9.53 Å². The lowest BCUT2D eigenvalue weighted by Crippen LogP contribution is -2.26. The van der Waals surface area contributed by atoms with E-state index in [1.807, 2.05) is 0 Å². The minimum absolute atomic E-state index is 0.130. The first-order chi connectivity index (χ1) is 5.20. The summed E-state index contributed by atoms with van der Waals surface area (Å²) in [4.78, 5) is 10.7. The summed E-state index contributed by atoms with van der Waals surface area (Å²) < 4.78 is 4.51. The number of esters is 1. The number of hydrogen-bond acceptors (Lipinski definition) is 3. The van der Waals surface area contributed by atoms with Gasteiger partial charge in [0, 0.05) is 12.5 Å². The second kappa shape index (κ2) is 6.16. The highest BCUT2D eigenvalue weighted by molar-refractivity contribution is 5.69. The molecule has 0 heterocycles. The third-order valence-corrected chi connectivity index (χ3v) is 1.56. The van der Waals surface area contributed by atoms with Crippen molar-refractivity contribution in [3.8, 4) is 0 Å². The van der Waals surface area contributed by atoms with Crippen molar-refractivity contribution in [2.45, 2.75) is 32.7 Å². The topological polar surface area (TPSA) is 38.3 Å². The molecule has 3 nitrogen and oxygen atoms in total. The normalized spacial score (nSPS) is 12.6. The van der Waals surface area contributed by atoms with Crippen molar-refractivity contribution in [1.29, 1.82) is 0 Å². The van der Waals surface area contributed by atoms with Crippen LogP contribution in [0.1, 0.15) is 26.7 Å². The Kier molecular flexibility index (Phi) is 5.84. The lowest BCUT2D eigenvalue weighted by molar-refractivity contribution is -0.140. The van der Waals surface area contributed by atoms with Crippen LogP contribution in [0.25, 0.3) is 0 Å². The molecule has 0 spiro atoms. The van der Waals surface area contributed by atoms with Gasteiger partial charge in [0.15, 0.2) is 0 Å². The van der Waals surface area contributed by atoms with Crippen LogP contribution in [0, 0.1) is 0 Å². The van der Waals surface area contributed by atoms with Crippen LogP contribution < -0.4 is 5.32 Å². The Morgan fingerprint density at radius 3 is 2.73 bits per heavy atom. The lowest BCUT2D eigenvalue weighted by atomic mass is 10.2. The van der Waals surface area contributed by atoms with Crippen molar-refractivity contribution >= 4 is 5.97 Å². The third kappa shape index (κ3) is 5.85. The molecule has 0 rings (SSSR count). The van der Waals surface area contributed by atoms with Gasteiger partial charge in [-0.1, -0.05) is 6.92 Å². The number of rotatable bonds is 5. The summed E-state index contributed by atoms with van der Waals surface area (Å²) >= 11 is 0. The van der Waals surface area contributed by atoms with Gasteiger partial charge in [0.2, 0.25) is 0 Å². The van der Waals surface area contributed by atoms with Crippen LogP contribution in [0.15, 0.2) is 0 Å². The van der Waals surface area contributed by atoms with Gasteiger partial charge < -0.3 is 10.1 Å². The first kappa shape index (κ1) is 10.4. The molecule has 0 aliphatic rings. The molecule has 66 valence electrons. The third-order valence-electron chi connectivity index (χ3n) is 1.56. The lowest BCUT2D eigenvalue weighted by Gasteiger charge is -2.10. The molecule has 0 radical (unpaired) electrons. The molecular formula is C8H17NO2.